The lowest BCUT2D eigenvalue weighted by molar-refractivity contribution is 0.131. The molecule has 1 atom stereocenters. The number of nitrogens with two attached hydrogens (primary N) is 1. The Bertz CT molecular complexity index is 557. The molecule has 1 fully saturated rings. The number of benzene rings is 1. The molecule has 1 aliphatic heterocycles. The second-order valence-corrected chi connectivity index (χ2v) is 6.44. The van der Waals surface area contributed by atoms with Crippen molar-refractivity contribution >= 4 is 35.6 Å². The first-order valence-electron chi connectivity index (χ1n) is 8.08. The van der Waals surface area contributed by atoms with Crippen molar-refractivity contribution in [3.05, 3.63) is 29.3 Å². The molecule has 0 saturated carbocycles. The molecule has 1 aromatic rings. The molecule has 1 saturated heterocycles. The average Bonchev–Trinajstić information content (AvgIpc) is 3.15. The lowest BCUT2D eigenvalue weighted by atomic mass is 9.84. The maximum Gasteiger partial charge on any atom is 0.193 e. The van der Waals surface area contributed by atoms with E-state index >= 15 is 0 Å². The first-order chi connectivity index (χ1) is 10.7. The molecule has 0 spiro atoms. The number of guanidine groups is 1. The van der Waals surface area contributed by atoms with Gasteiger partial charge in [0.15, 0.2) is 5.96 Å². The topological polar surface area (TPSA) is 79.9 Å². The van der Waals surface area contributed by atoms with E-state index in [1.54, 1.807) is 0 Å². The fraction of sp³-hybridized carbons (Fsp3) is 0.588. The van der Waals surface area contributed by atoms with Gasteiger partial charge >= 0.3 is 0 Å². The number of aliphatic hydroxyl groups excluding tert-OH is 1. The molecular formula is C17H26IN3O2. The third-order valence-corrected chi connectivity index (χ3v) is 4.78. The molecule has 0 aromatic heterocycles. The molecule has 1 aromatic carbocycles. The van der Waals surface area contributed by atoms with E-state index in [0.717, 1.165) is 25.1 Å². The van der Waals surface area contributed by atoms with Gasteiger partial charge in [0.2, 0.25) is 0 Å². The molecule has 5 nitrogen and oxygen atoms in total. The average molecular weight is 431 g/mol. The van der Waals surface area contributed by atoms with E-state index in [-0.39, 0.29) is 36.0 Å². The molecule has 2 aliphatic rings. The zero-order valence-electron chi connectivity index (χ0n) is 13.4. The lowest BCUT2D eigenvalue weighted by Gasteiger charge is -2.24. The number of nitrogens with one attached hydrogen (secondary N) is 1. The van der Waals surface area contributed by atoms with E-state index in [9.17, 15) is 5.11 Å². The molecule has 1 aliphatic carbocycles. The van der Waals surface area contributed by atoms with Crippen molar-refractivity contribution in [2.24, 2.45) is 16.1 Å². The Morgan fingerprint density at radius 3 is 2.91 bits per heavy atom. The van der Waals surface area contributed by atoms with E-state index in [1.165, 1.54) is 24.0 Å². The van der Waals surface area contributed by atoms with Gasteiger partial charge in [-0.1, -0.05) is 6.07 Å². The predicted molar refractivity (Wildman–Crippen MR) is 104 cm³/mol. The van der Waals surface area contributed by atoms with Crippen LogP contribution >= 0.6 is 24.0 Å². The number of ether oxygens (including phenoxy) is 1. The highest BCUT2D eigenvalue weighted by Gasteiger charge is 2.34. The van der Waals surface area contributed by atoms with Gasteiger partial charge in [0.05, 0.1) is 13.2 Å². The standard InChI is InChI=1S/C17H25N3O2.HI/c18-16(19-11-17(6-8-21)7-9-22-12-17)20-15-5-4-13-2-1-3-14(13)10-15;/h4-5,10,21H,1-3,6-9,11-12H2,(H3,18,19,20);1H. The van der Waals surface area contributed by atoms with E-state index in [1.807, 2.05) is 0 Å². The summed E-state index contributed by atoms with van der Waals surface area (Å²) >= 11 is 0. The minimum atomic E-state index is -0.0566. The summed E-state index contributed by atoms with van der Waals surface area (Å²) in [7, 11) is 0. The molecule has 4 N–H and O–H groups in total. The fourth-order valence-electron chi connectivity index (χ4n) is 3.38. The minimum Gasteiger partial charge on any atom is -0.396 e. The number of aryl methyl sites for hydroxylation is 2. The van der Waals surface area contributed by atoms with E-state index in [2.05, 4.69) is 28.5 Å². The summed E-state index contributed by atoms with van der Waals surface area (Å²) in [4.78, 5) is 4.48. The third-order valence-electron chi connectivity index (χ3n) is 4.78. The second-order valence-electron chi connectivity index (χ2n) is 6.44. The van der Waals surface area contributed by atoms with E-state index < -0.39 is 0 Å². The highest BCUT2D eigenvalue weighted by atomic mass is 127. The van der Waals surface area contributed by atoms with Crippen molar-refractivity contribution < 1.29 is 9.84 Å². The number of hydrogen-bond donors (Lipinski definition) is 3. The molecule has 0 amide bonds. The minimum absolute atomic E-state index is 0. The molecule has 1 heterocycles. The number of halogens is 1. The molecular weight excluding hydrogens is 405 g/mol. The SMILES string of the molecule is I.NC(=NCC1(CCO)CCOC1)Nc1ccc2c(c1)CCC2. The third kappa shape index (κ3) is 4.58. The maximum atomic E-state index is 9.23. The number of hydrogen-bond acceptors (Lipinski definition) is 3. The number of aliphatic hydroxyl groups is 1. The number of nitrogens with zero attached hydrogens (tertiary/aromatic N) is 1. The summed E-state index contributed by atoms with van der Waals surface area (Å²) in [6, 6.07) is 6.41. The zero-order valence-corrected chi connectivity index (χ0v) is 15.7. The molecule has 6 heteroatoms. The van der Waals surface area contributed by atoms with Gasteiger partial charge in [0, 0.05) is 24.3 Å². The van der Waals surface area contributed by atoms with Crippen LogP contribution in [0.3, 0.4) is 0 Å². The number of aliphatic imine (C=N–C) groups is 1. The van der Waals surface area contributed by atoms with Gasteiger partial charge in [-0.15, -0.1) is 24.0 Å². The van der Waals surface area contributed by atoms with Crippen LogP contribution in [0.5, 0.6) is 0 Å². The monoisotopic (exact) mass is 431 g/mol. The normalized spacial score (nSPS) is 23.4. The van der Waals surface area contributed by atoms with Crippen molar-refractivity contribution in [3.8, 4) is 0 Å². The highest BCUT2D eigenvalue weighted by Crippen LogP contribution is 2.32. The molecule has 1 unspecified atom stereocenters. The Balaban J connectivity index is 0.00000192. The largest absolute Gasteiger partial charge is 0.396 e. The van der Waals surface area contributed by atoms with Gasteiger partial charge in [-0.05, 0) is 55.4 Å². The summed E-state index contributed by atoms with van der Waals surface area (Å²) in [5.74, 6) is 0.433. The summed E-state index contributed by atoms with van der Waals surface area (Å²) in [5.41, 5.74) is 9.83. The molecule has 3 rings (SSSR count). The van der Waals surface area contributed by atoms with Crippen LogP contribution in [-0.4, -0.2) is 37.4 Å². The van der Waals surface area contributed by atoms with Crippen molar-refractivity contribution in [2.75, 3.05) is 31.7 Å². The van der Waals surface area contributed by atoms with Gasteiger partial charge in [0.25, 0.3) is 0 Å². The van der Waals surface area contributed by atoms with E-state index in [0.29, 0.717) is 25.5 Å². The predicted octanol–water partition coefficient (Wildman–Crippen LogP) is 2.31. The second kappa shape index (κ2) is 8.30. The van der Waals surface area contributed by atoms with Crippen molar-refractivity contribution in [2.45, 2.75) is 32.1 Å². The van der Waals surface area contributed by atoms with Crippen LogP contribution in [0.2, 0.25) is 0 Å². The van der Waals surface area contributed by atoms with Gasteiger partial charge in [0.1, 0.15) is 0 Å². The molecule has 0 bridgehead atoms. The smallest absolute Gasteiger partial charge is 0.193 e. The Morgan fingerprint density at radius 1 is 1.35 bits per heavy atom. The van der Waals surface area contributed by atoms with Gasteiger partial charge < -0.3 is 20.9 Å². The first-order valence-corrected chi connectivity index (χ1v) is 8.08. The van der Waals surface area contributed by atoms with E-state index in [4.69, 9.17) is 10.5 Å². The Hall–Kier alpha value is -0.860. The van der Waals surface area contributed by atoms with Gasteiger partial charge in [-0.3, -0.25) is 4.99 Å². The van der Waals surface area contributed by atoms with Gasteiger partial charge in [-0.2, -0.15) is 0 Å². The molecule has 23 heavy (non-hydrogen) atoms. The van der Waals surface area contributed by atoms with Gasteiger partial charge in [-0.25, -0.2) is 0 Å². The van der Waals surface area contributed by atoms with Crippen molar-refractivity contribution in [1.82, 2.24) is 0 Å². The molecule has 0 radical (unpaired) electrons. The number of fused-ring (bicyclic) bond motifs is 1. The Kier molecular flexibility index (Phi) is 6.67. The lowest BCUT2D eigenvalue weighted by Crippen LogP contribution is -2.30. The first kappa shape index (κ1) is 18.5. The van der Waals surface area contributed by atoms with Crippen LogP contribution in [0.1, 0.15) is 30.4 Å². The summed E-state index contributed by atoms with van der Waals surface area (Å²) in [6.45, 7) is 2.16. The van der Waals surface area contributed by atoms with Crippen LogP contribution in [0, 0.1) is 5.41 Å². The Labute approximate surface area is 154 Å². The molecule has 128 valence electrons. The van der Waals surface area contributed by atoms with Crippen LogP contribution in [0.4, 0.5) is 5.69 Å². The fourth-order valence-corrected chi connectivity index (χ4v) is 3.38. The summed E-state index contributed by atoms with van der Waals surface area (Å²) < 4.78 is 5.47. The highest BCUT2D eigenvalue weighted by molar-refractivity contribution is 14.0. The zero-order chi connectivity index (χ0) is 15.4. The number of rotatable bonds is 5. The van der Waals surface area contributed by atoms with Crippen molar-refractivity contribution in [3.63, 3.8) is 0 Å². The van der Waals surface area contributed by atoms with Crippen molar-refractivity contribution in [1.29, 1.82) is 0 Å². The summed E-state index contributed by atoms with van der Waals surface area (Å²) in [5, 5.41) is 12.4. The number of anilines is 1. The van der Waals surface area contributed by atoms with Crippen LogP contribution in [0.25, 0.3) is 0 Å². The quantitative estimate of drug-likeness (QED) is 0.380. The van der Waals surface area contributed by atoms with Crippen LogP contribution < -0.4 is 11.1 Å². The maximum absolute atomic E-state index is 9.23. The summed E-state index contributed by atoms with van der Waals surface area (Å²) in [6.07, 6.45) is 5.22. The van der Waals surface area contributed by atoms with Crippen LogP contribution in [-0.2, 0) is 17.6 Å². The van der Waals surface area contributed by atoms with Crippen LogP contribution in [0.15, 0.2) is 23.2 Å². The Morgan fingerprint density at radius 2 is 2.17 bits per heavy atom.